The van der Waals surface area contributed by atoms with Gasteiger partial charge >= 0.3 is 18.0 Å². The molecule has 0 radical (unpaired) electrons. The largest absolute Gasteiger partial charge is 0.460 e. The summed E-state index contributed by atoms with van der Waals surface area (Å²) >= 11 is 0. The molecule has 2 heterocycles. The van der Waals surface area contributed by atoms with E-state index in [1.165, 1.54) is 12.0 Å². The Morgan fingerprint density at radius 1 is 1.00 bits per heavy atom. The molecule has 0 saturated carbocycles. The van der Waals surface area contributed by atoms with Gasteiger partial charge in [0.1, 0.15) is 29.3 Å². The highest BCUT2D eigenvalue weighted by Gasteiger charge is 2.44. The lowest BCUT2D eigenvalue weighted by Gasteiger charge is -2.34. The van der Waals surface area contributed by atoms with E-state index >= 15 is 0 Å². The molecule has 2 aliphatic heterocycles. The molecule has 4 atom stereocenters. The monoisotopic (exact) mass is 523 g/mol. The topological polar surface area (TPSA) is 140 Å². The normalized spacial score (nSPS) is 23.6. The van der Waals surface area contributed by atoms with Gasteiger partial charge in [0, 0.05) is 12.5 Å². The van der Waals surface area contributed by atoms with Gasteiger partial charge < -0.3 is 29.7 Å². The van der Waals surface area contributed by atoms with E-state index in [0.29, 0.717) is 19.3 Å². The van der Waals surface area contributed by atoms with Gasteiger partial charge in [0.05, 0.1) is 7.11 Å². The summed E-state index contributed by atoms with van der Waals surface area (Å²) in [5.41, 5.74) is -1.49. The minimum atomic E-state index is -1.10. The third kappa shape index (κ3) is 9.36. The fraction of sp³-hybridized carbons (Fsp3) is 0.731. The number of esters is 2. The molecule has 2 N–H and O–H groups in total. The minimum Gasteiger partial charge on any atom is -0.460 e. The zero-order chi connectivity index (χ0) is 28.0. The van der Waals surface area contributed by atoms with Crippen molar-refractivity contribution in [3.05, 3.63) is 12.2 Å². The van der Waals surface area contributed by atoms with Crippen molar-refractivity contribution >= 4 is 29.8 Å². The number of hydrogen-bond donors (Lipinski definition) is 2. The van der Waals surface area contributed by atoms with Crippen molar-refractivity contribution in [2.45, 2.75) is 115 Å². The number of carbonyl (C=O) groups excluding carboxylic acids is 5. The smallest absolute Gasteiger partial charge is 0.407 e. The lowest BCUT2D eigenvalue weighted by Crippen LogP contribution is -2.57. The van der Waals surface area contributed by atoms with Gasteiger partial charge in [-0.2, -0.15) is 0 Å². The molecule has 0 bridgehead atoms. The molecule has 1 saturated heterocycles. The first kappa shape index (κ1) is 30.1. The van der Waals surface area contributed by atoms with Crippen LogP contribution in [0.5, 0.6) is 0 Å². The summed E-state index contributed by atoms with van der Waals surface area (Å²) in [4.78, 5) is 65.3. The van der Waals surface area contributed by atoms with E-state index in [9.17, 15) is 24.0 Å². The van der Waals surface area contributed by atoms with Crippen LogP contribution < -0.4 is 10.6 Å². The van der Waals surface area contributed by atoms with Crippen LogP contribution in [-0.4, -0.2) is 77.2 Å². The van der Waals surface area contributed by atoms with E-state index in [0.717, 1.165) is 0 Å². The summed E-state index contributed by atoms with van der Waals surface area (Å²) in [6.07, 6.45) is 4.73. The second kappa shape index (κ2) is 12.4. The van der Waals surface area contributed by atoms with Crippen LogP contribution in [0.1, 0.15) is 80.1 Å². The Hall–Kier alpha value is -3.11. The molecular formula is C26H41N3O8. The number of amides is 3. The van der Waals surface area contributed by atoms with Gasteiger partial charge in [0.25, 0.3) is 0 Å². The molecule has 3 amide bonds. The maximum absolute atomic E-state index is 13.4. The summed E-state index contributed by atoms with van der Waals surface area (Å²) in [7, 11) is 1.21. The van der Waals surface area contributed by atoms with Gasteiger partial charge in [-0.3, -0.25) is 14.4 Å². The predicted octanol–water partition coefficient (Wildman–Crippen LogP) is 2.37. The van der Waals surface area contributed by atoms with Gasteiger partial charge in [-0.15, -0.1) is 0 Å². The molecular weight excluding hydrogens is 482 g/mol. The van der Waals surface area contributed by atoms with Crippen molar-refractivity contribution in [2.24, 2.45) is 0 Å². The summed E-state index contributed by atoms with van der Waals surface area (Å²) in [5.74, 6) is -2.08. The van der Waals surface area contributed by atoms with Gasteiger partial charge in [0.2, 0.25) is 11.8 Å². The molecule has 2 aliphatic rings. The van der Waals surface area contributed by atoms with Gasteiger partial charge in [-0.1, -0.05) is 12.2 Å². The third-order valence-corrected chi connectivity index (χ3v) is 5.85. The van der Waals surface area contributed by atoms with Crippen molar-refractivity contribution in [1.82, 2.24) is 15.5 Å². The Labute approximate surface area is 218 Å². The first-order valence-electron chi connectivity index (χ1n) is 12.7. The number of fused-ring (bicyclic) bond motifs is 1. The highest BCUT2D eigenvalue weighted by atomic mass is 16.6. The summed E-state index contributed by atoms with van der Waals surface area (Å²) in [6.45, 7) is 10.4. The van der Waals surface area contributed by atoms with E-state index in [-0.39, 0.29) is 31.2 Å². The highest BCUT2D eigenvalue weighted by molar-refractivity contribution is 5.94. The number of rotatable bonds is 7. The minimum absolute atomic E-state index is 0.0189. The third-order valence-electron chi connectivity index (χ3n) is 5.85. The SMILES string of the molecule is COC(=O)N[C@H]1C/C=C\C[C@H]2CC[C@@H](C(=O)N[C@@H](CCC(=O)OC(C)(C)C)C(=O)OC(C)(C)C)N2C1=O. The Balaban J connectivity index is 2.20. The van der Waals surface area contributed by atoms with Crippen LogP contribution in [0.4, 0.5) is 4.79 Å². The van der Waals surface area contributed by atoms with E-state index in [1.54, 1.807) is 41.5 Å². The predicted molar refractivity (Wildman–Crippen MR) is 134 cm³/mol. The summed E-state index contributed by atoms with van der Waals surface area (Å²) in [5, 5.41) is 5.24. The van der Waals surface area contributed by atoms with Crippen molar-refractivity contribution in [2.75, 3.05) is 7.11 Å². The zero-order valence-corrected chi connectivity index (χ0v) is 22.9. The molecule has 11 nitrogen and oxygen atoms in total. The standard InChI is InChI=1S/C26H41N3O8/c1-25(2,3)36-20(30)15-13-18(23(33)37-26(4,5)6)27-21(31)19-14-12-16-10-8-9-11-17(22(32)29(16)19)28-24(34)35-7/h8-9,16-19H,10-15H2,1-7H3,(H,27,31)(H,28,34)/b9-8-/t16-,17-,18-,19-/m0/s1. The van der Waals surface area contributed by atoms with Crippen molar-refractivity contribution in [3.8, 4) is 0 Å². The van der Waals surface area contributed by atoms with Crippen molar-refractivity contribution in [3.63, 3.8) is 0 Å². The van der Waals surface area contributed by atoms with Crippen molar-refractivity contribution in [1.29, 1.82) is 0 Å². The molecule has 1 fully saturated rings. The summed E-state index contributed by atoms with van der Waals surface area (Å²) in [6, 6.07) is -3.04. The molecule has 37 heavy (non-hydrogen) atoms. The molecule has 0 aromatic rings. The van der Waals surface area contributed by atoms with Crippen LogP contribution in [0.25, 0.3) is 0 Å². The number of ether oxygens (including phenoxy) is 3. The Bertz CT molecular complexity index is 902. The second-order valence-corrected chi connectivity index (χ2v) is 11.3. The first-order valence-corrected chi connectivity index (χ1v) is 12.7. The lowest BCUT2D eigenvalue weighted by molar-refractivity contribution is -0.160. The average molecular weight is 524 g/mol. The van der Waals surface area contributed by atoms with E-state index in [1.807, 2.05) is 12.2 Å². The quantitative estimate of drug-likeness (QED) is 0.294. The molecule has 2 rings (SSSR count). The van der Waals surface area contributed by atoms with E-state index < -0.39 is 53.3 Å². The Kier molecular flexibility index (Phi) is 10.1. The zero-order valence-electron chi connectivity index (χ0n) is 22.9. The number of alkyl carbamates (subject to hydrolysis) is 1. The molecule has 0 spiro atoms. The molecule has 208 valence electrons. The summed E-state index contributed by atoms with van der Waals surface area (Å²) < 4.78 is 15.4. The number of methoxy groups -OCH3 is 1. The van der Waals surface area contributed by atoms with Crippen molar-refractivity contribution < 1.29 is 38.2 Å². The Morgan fingerprint density at radius 3 is 2.22 bits per heavy atom. The van der Waals surface area contributed by atoms with Gasteiger partial charge in [-0.05, 0) is 73.6 Å². The molecule has 0 aromatic heterocycles. The average Bonchev–Trinajstić information content (AvgIpc) is 3.17. The molecule has 0 aliphatic carbocycles. The van der Waals surface area contributed by atoms with Crippen LogP contribution in [0.2, 0.25) is 0 Å². The van der Waals surface area contributed by atoms with Crippen LogP contribution in [0, 0.1) is 0 Å². The number of hydrogen-bond acceptors (Lipinski definition) is 8. The molecule has 0 unspecified atom stereocenters. The fourth-order valence-corrected chi connectivity index (χ4v) is 4.34. The van der Waals surface area contributed by atoms with E-state index in [2.05, 4.69) is 15.4 Å². The maximum atomic E-state index is 13.4. The Morgan fingerprint density at radius 2 is 1.62 bits per heavy atom. The van der Waals surface area contributed by atoms with E-state index in [4.69, 9.17) is 9.47 Å². The highest BCUT2D eigenvalue weighted by Crippen LogP contribution is 2.30. The second-order valence-electron chi connectivity index (χ2n) is 11.3. The fourth-order valence-electron chi connectivity index (χ4n) is 4.34. The molecule has 11 heteroatoms. The number of nitrogens with one attached hydrogen (secondary N) is 2. The van der Waals surface area contributed by atoms with Gasteiger partial charge in [0.15, 0.2) is 0 Å². The number of carbonyl (C=O) groups is 5. The van der Waals surface area contributed by atoms with Crippen LogP contribution in [0.15, 0.2) is 12.2 Å². The number of nitrogens with zero attached hydrogens (tertiary/aromatic N) is 1. The first-order chi connectivity index (χ1) is 17.1. The molecule has 0 aromatic carbocycles. The maximum Gasteiger partial charge on any atom is 0.407 e. The van der Waals surface area contributed by atoms with Crippen LogP contribution >= 0.6 is 0 Å². The van der Waals surface area contributed by atoms with Crippen LogP contribution in [-0.2, 0) is 33.4 Å². The van der Waals surface area contributed by atoms with Crippen LogP contribution in [0.3, 0.4) is 0 Å². The lowest BCUT2D eigenvalue weighted by atomic mass is 10.0. The van der Waals surface area contributed by atoms with Gasteiger partial charge in [-0.25, -0.2) is 9.59 Å².